The van der Waals surface area contributed by atoms with Gasteiger partial charge < -0.3 is 10.0 Å². The lowest BCUT2D eigenvalue weighted by atomic mass is 10.0. The molecule has 9 heteroatoms. The molecule has 0 aromatic heterocycles. The van der Waals surface area contributed by atoms with Crippen molar-refractivity contribution >= 4 is 44.9 Å². The maximum Gasteiger partial charge on any atom is 0.331 e. The molecule has 4 rings (SSSR count). The van der Waals surface area contributed by atoms with E-state index in [2.05, 4.69) is 0 Å². The highest BCUT2D eigenvalue weighted by Crippen LogP contribution is 2.45. The molecule has 0 bridgehead atoms. The van der Waals surface area contributed by atoms with Gasteiger partial charge in [0, 0.05) is 31.9 Å². The lowest BCUT2D eigenvalue weighted by Gasteiger charge is -2.39. The second kappa shape index (κ2) is 7.47. The summed E-state index contributed by atoms with van der Waals surface area (Å²) in [4.78, 5) is 14.3. The zero-order valence-electron chi connectivity index (χ0n) is 15.5. The summed E-state index contributed by atoms with van der Waals surface area (Å²) in [6.07, 6.45) is 0.488. The number of anilines is 1. The number of halogens is 2. The third-order valence-electron chi connectivity index (χ3n) is 5.83. The van der Waals surface area contributed by atoms with E-state index in [0.717, 1.165) is 11.3 Å². The first-order valence-corrected chi connectivity index (χ1v) is 11.5. The van der Waals surface area contributed by atoms with Gasteiger partial charge in [0.25, 0.3) is 0 Å². The number of benzene rings is 2. The van der Waals surface area contributed by atoms with Gasteiger partial charge in [0.05, 0.1) is 10.0 Å². The van der Waals surface area contributed by atoms with E-state index in [-0.39, 0.29) is 19.5 Å². The van der Waals surface area contributed by atoms with Crippen LogP contribution in [0.4, 0.5) is 5.69 Å². The molecule has 0 saturated carbocycles. The molecule has 2 aromatic carbocycles. The summed E-state index contributed by atoms with van der Waals surface area (Å²) in [6, 6.07) is 12.2. The topological polar surface area (TPSA) is 77.9 Å². The molecule has 0 amide bonds. The van der Waals surface area contributed by atoms with E-state index in [1.165, 1.54) is 4.31 Å². The normalized spacial score (nSPS) is 22.5. The first-order chi connectivity index (χ1) is 13.8. The summed E-state index contributed by atoms with van der Waals surface area (Å²) in [5.41, 5.74) is 2.03. The first-order valence-electron chi connectivity index (χ1n) is 9.29. The highest BCUT2D eigenvalue weighted by molar-refractivity contribution is 7.90. The van der Waals surface area contributed by atoms with Crippen LogP contribution in [0.25, 0.3) is 0 Å². The van der Waals surface area contributed by atoms with Crippen LogP contribution in [0.15, 0.2) is 42.5 Å². The van der Waals surface area contributed by atoms with Crippen molar-refractivity contribution in [3.63, 3.8) is 0 Å². The summed E-state index contributed by atoms with van der Waals surface area (Å²) < 4.78 is 26.5. The van der Waals surface area contributed by atoms with Crippen molar-refractivity contribution in [3.05, 3.63) is 63.6 Å². The first kappa shape index (κ1) is 20.5. The number of carboxylic acids is 1. The molecule has 1 aliphatic carbocycles. The van der Waals surface area contributed by atoms with Crippen LogP contribution in [0.1, 0.15) is 17.5 Å². The molecule has 2 aliphatic rings. The molecule has 2 aromatic rings. The fourth-order valence-electron chi connectivity index (χ4n) is 4.27. The second-order valence-electron chi connectivity index (χ2n) is 7.28. The van der Waals surface area contributed by atoms with Gasteiger partial charge in [-0.05, 0) is 42.2 Å². The van der Waals surface area contributed by atoms with Crippen molar-refractivity contribution in [2.24, 2.45) is 0 Å². The summed E-state index contributed by atoms with van der Waals surface area (Å²) >= 11 is 12.1. The Bertz CT molecular complexity index is 1070. The molecule has 1 N–H and O–H groups in total. The summed E-state index contributed by atoms with van der Waals surface area (Å²) in [7, 11) is -4.10. The second-order valence-corrected chi connectivity index (χ2v) is 10.3. The van der Waals surface area contributed by atoms with Crippen molar-refractivity contribution < 1.29 is 18.3 Å². The minimum atomic E-state index is -4.10. The molecule has 1 unspecified atom stereocenters. The Kier molecular flexibility index (Phi) is 5.27. The van der Waals surface area contributed by atoms with E-state index >= 15 is 0 Å². The lowest BCUT2D eigenvalue weighted by Crippen LogP contribution is -2.56. The van der Waals surface area contributed by atoms with Crippen LogP contribution in [0.2, 0.25) is 10.0 Å². The molecular weight excluding hydrogens is 435 g/mol. The fraction of sp³-hybridized carbons (Fsp3) is 0.350. The molecule has 1 aliphatic heterocycles. The highest BCUT2D eigenvalue weighted by atomic mass is 35.5. The fourth-order valence-corrected chi connectivity index (χ4v) is 6.70. The van der Waals surface area contributed by atoms with Gasteiger partial charge in [0.1, 0.15) is 0 Å². The van der Waals surface area contributed by atoms with Crippen molar-refractivity contribution in [1.29, 1.82) is 0 Å². The summed E-state index contributed by atoms with van der Waals surface area (Å²) in [5, 5.41) is 10.9. The van der Waals surface area contributed by atoms with E-state index in [1.807, 2.05) is 11.0 Å². The number of fused-ring (bicyclic) bond motifs is 1. The maximum absolute atomic E-state index is 13.5. The van der Waals surface area contributed by atoms with Gasteiger partial charge in [-0.25, -0.2) is 8.42 Å². The van der Waals surface area contributed by atoms with Crippen LogP contribution in [0.5, 0.6) is 0 Å². The minimum Gasteiger partial charge on any atom is -0.480 e. The predicted octanol–water partition coefficient (Wildman–Crippen LogP) is 3.37. The van der Waals surface area contributed by atoms with Crippen molar-refractivity contribution in [2.75, 3.05) is 31.1 Å². The molecule has 0 radical (unpaired) electrons. The Hall–Kier alpha value is -1.80. The van der Waals surface area contributed by atoms with E-state index in [9.17, 15) is 18.3 Å². The largest absolute Gasteiger partial charge is 0.480 e. The molecule has 0 spiro atoms. The molecule has 6 nitrogen and oxygen atoms in total. The molecule has 1 atom stereocenters. The third-order valence-corrected chi connectivity index (χ3v) is 9.09. The quantitative estimate of drug-likeness (QED) is 0.765. The van der Waals surface area contributed by atoms with E-state index in [0.29, 0.717) is 35.1 Å². The standard InChI is InChI=1S/C20H20Cl2N2O4S/c21-17-6-5-15(13-18(17)22)23-9-11-24(12-10-23)29(27,28)20(19(25)26)8-7-14-3-1-2-4-16(14)20/h1-6,13H,7-12H2,(H,25,26). The number of carbonyl (C=O) groups is 1. The smallest absolute Gasteiger partial charge is 0.331 e. The Morgan fingerprint density at radius 3 is 2.34 bits per heavy atom. The van der Waals surface area contributed by atoms with Gasteiger partial charge in [-0.15, -0.1) is 0 Å². The van der Waals surface area contributed by atoms with Gasteiger partial charge in [-0.2, -0.15) is 4.31 Å². The van der Waals surface area contributed by atoms with Gasteiger partial charge in [0.2, 0.25) is 14.8 Å². The van der Waals surface area contributed by atoms with Crippen LogP contribution >= 0.6 is 23.2 Å². The Morgan fingerprint density at radius 2 is 1.69 bits per heavy atom. The zero-order chi connectivity index (χ0) is 20.8. The minimum absolute atomic E-state index is 0.0526. The van der Waals surface area contributed by atoms with Gasteiger partial charge in [0.15, 0.2) is 0 Å². The number of rotatable bonds is 4. The van der Waals surface area contributed by atoms with Crippen LogP contribution < -0.4 is 4.90 Å². The zero-order valence-corrected chi connectivity index (χ0v) is 17.8. The number of sulfonamides is 1. The Balaban J connectivity index is 1.60. The highest BCUT2D eigenvalue weighted by Gasteiger charge is 2.58. The molecule has 1 saturated heterocycles. The van der Waals surface area contributed by atoms with E-state index in [4.69, 9.17) is 23.2 Å². The van der Waals surface area contributed by atoms with Gasteiger partial charge in [-0.1, -0.05) is 47.5 Å². The molecule has 154 valence electrons. The van der Waals surface area contributed by atoms with Crippen LogP contribution in [-0.2, 0) is 26.0 Å². The third kappa shape index (κ3) is 3.20. The van der Waals surface area contributed by atoms with E-state index in [1.54, 1.807) is 36.4 Å². The number of carboxylic acid groups (broad SMARTS) is 1. The number of hydrogen-bond donors (Lipinski definition) is 1. The summed E-state index contributed by atoms with van der Waals surface area (Å²) in [6.45, 7) is 1.29. The molecule has 1 fully saturated rings. The lowest BCUT2D eigenvalue weighted by molar-refractivity contribution is -0.140. The number of piperazine rings is 1. The predicted molar refractivity (Wildman–Crippen MR) is 113 cm³/mol. The van der Waals surface area contributed by atoms with Crippen molar-refractivity contribution in [3.8, 4) is 0 Å². The molecule has 29 heavy (non-hydrogen) atoms. The maximum atomic E-state index is 13.5. The summed E-state index contributed by atoms with van der Waals surface area (Å²) in [5.74, 6) is -1.31. The van der Waals surface area contributed by atoms with Crippen molar-refractivity contribution in [2.45, 2.75) is 17.6 Å². The molecular formula is C20H20Cl2N2O4S. The van der Waals surface area contributed by atoms with Crippen molar-refractivity contribution in [1.82, 2.24) is 4.31 Å². The van der Waals surface area contributed by atoms with Crippen LogP contribution in [-0.4, -0.2) is 50.0 Å². The van der Waals surface area contributed by atoms with E-state index < -0.39 is 20.7 Å². The Morgan fingerprint density at radius 1 is 1.00 bits per heavy atom. The number of nitrogens with zero attached hydrogens (tertiary/aromatic N) is 2. The van der Waals surface area contributed by atoms with Gasteiger partial charge >= 0.3 is 5.97 Å². The SMILES string of the molecule is O=C(O)C1(S(=O)(=O)N2CCN(c3ccc(Cl)c(Cl)c3)CC2)CCc2ccccc21. The number of aryl methyl sites for hydroxylation is 1. The average molecular weight is 455 g/mol. The average Bonchev–Trinajstić information content (AvgIpc) is 3.12. The number of hydrogen-bond acceptors (Lipinski definition) is 4. The van der Waals surface area contributed by atoms with Gasteiger partial charge in [-0.3, -0.25) is 4.79 Å². The monoisotopic (exact) mass is 454 g/mol. The Labute approximate surface area is 179 Å². The number of aliphatic carboxylic acids is 1. The van der Waals surface area contributed by atoms with Crippen LogP contribution in [0, 0.1) is 0 Å². The van der Waals surface area contributed by atoms with Crippen LogP contribution in [0.3, 0.4) is 0 Å². The molecule has 1 heterocycles.